The van der Waals surface area contributed by atoms with E-state index in [0.29, 0.717) is 12.2 Å². The molecule has 0 saturated carbocycles. The lowest BCUT2D eigenvalue weighted by molar-refractivity contribution is 0.0411. The van der Waals surface area contributed by atoms with Crippen molar-refractivity contribution in [3.05, 3.63) is 48.2 Å². The monoisotopic (exact) mass is 327 g/mol. The fourth-order valence-electron chi connectivity index (χ4n) is 3.16. The van der Waals surface area contributed by atoms with Crippen LogP contribution in [0.25, 0.3) is 11.3 Å². The zero-order valence-corrected chi connectivity index (χ0v) is 13.6. The van der Waals surface area contributed by atoms with E-state index in [4.69, 9.17) is 10.5 Å². The summed E-state index contributed by atoms with van der Waals surface area (Å²) in [5, 5.41) is 0. The number of hydrogen-bond donors (Lipinski definition) is 1. The molecule has 1 aliphatic heterocycles. The van der Waals surface area contributed by atoms with Crippen molar-refractivity contribution in [1.29, 1.82) is 0 Å². The number of nitrogens with zero attached hydrogens (tertiary/aromatic N) is 2. The fourth-order valence-corrected chi connectivity index (χ4v) is 3.16. The van der Waals surface area contributed by atoms with Gasteiger partial charge < -0.3 is 19.9 Å². The molecule has 3 rings (SSSR count). The van der Waals surface area contributed by atoms with Gasteiger partial charge in [-0.25, -0.2) is 9.59 Å². The van der Waals surface area contributed by atoms with Crippen LogP contribution >= 0.6 is 0 Å². The van der Waals surface area contributed by atoms with Crippen LogP contribution in [0.4, 0.5) is 4.79 Å². The molecule has 1 atom stereocenters. The zero-order chi connectivity index (χ0) is 17.1. The first kappa shape index (κ1) is 16.1. The molecule has 0 spiro atoms. The molecule has 2 heterocycles. The van der Waals surface area contributed by atoms with Gasteiger partial charge in [0.25, 0.3) is 0 Å². The average molecular weight is 327 g/mol. The number of ether oxygens (including phenoxy) is 1. The summed E-state index contributed by atoms with van der Waals surface area (Å²) in [4.78, 5) is 25.3. The van der Waals surface area contributed by atoms with Gasteiger partial charge in [-0.05, 0) is 30.5 Å². The molecule has 0 aliphatic carbocycles. The van der Waals surface area contributed by atoms with Crippen LogP contribution in [0.5, 0.6) is 0 Å². The van der Waals surface area contributed by atoms with E-state index < -0.39 is 12.0 Å². The normalized spacial score (nSPS) is 17.0. The van der Waals surface area contributed by atoms with E-state index in [1.165, 1.54) is 0 Å². The average Bonchev–Trinajstić information content (AvgIpc) is 3.20. The van der Waals surface area contributed by atoms with E-state index in [1.54, 1.807) is 11.0 Å². The maximum atomic E-state index is 12.4. The highest BCUT2D eigenvalue weighted by molar-refractivity contribution is 5.89. The van der Waals surface area contributed by atoms with E-state index in [1.807, 2.05) is 48.0 Å². The van der Waals surface area contributed by atoms with E-state index in [-0.39, 0.29) is 12.6 Å². The third-order valence-electron chi connectivity index (χ3n) is 4.47. The summed E-state index contributed by atoms with van der Waals surface area (Å²) in [7, 11) is 1.84. The van der Waals surface area contributed by atoms with Crippen LogP contribution in [-0.4, -0.2) is 40.7 Å². The van der Waals surface area contributed by atoms with Crippen LogP contribution in [0.2, 0.25) is 0 Å². The van der Waals surface area contributed by atoms with Crippen molar-refractivity contribution in [2.75, 3.05) is 13.2 Å². The SMILES string of the molecule is Cn1c(C(=O)OC[C@@H]2CCCN2C(N)=O)ccc1-c1ccccc1. The van der Waals surface area contributed by atoms with E-state index in [0.717, 1.165) is 24.1 Å². The van der Waals surface area contributed by atoms with E-state index in [9.17, 15) is 9.59 Å². The lowest BCUT2D eigenvalue weighted by Gasteiger charge is -2.22. The first-order chi connectivity index (χ1) is 11.6. The lowest BCUT2D eigenvalue weighted by Crippen LogP contribution is -2.42. The van der Waals surface area contributed by atoms with Crippen molar-refractivity contribution in [3.63, 3.8) is 0 Å². The highest BCUT2D eigenvalue weighted by Gasteiger charge is 2.28. The van der Waals surface area contributed by atoms with Crippen LogP contribution in [0.3, 0.4) is 0 Å². The predicted octanol–water partition coefficient (Wildman–Crippen LogP) is 2.39. The van der Waals surface area contributed by atoms with Gasteiger partial charge in [-0.1, -0.05) is 30.3 Å². The van der Waals surface area contributed by atoms with Gasteiger partial charge in [0.05, 0.1) is 6.04 Å². The highest BCUT2D eigenvalue weighted by Crippen LogP contribution is 2.22. The number of rotatable bonds is 4. The Morgan fingerprint density at radius 1 is 1.21 bits per heavy atom. The summed E-state index contributed by atoms with van der Waals surface area (Å²) in [5.41, 5.74) is 7.81. The molecule has 1 aromatic carbocycles. The Morgan fingerprint density at radius 2 is 1.96 bits per heavy atom. The zero-order valence-electron chi connectivity index (χ0n) is 13.6. The van der Waals surface area contributed by atoms with Gasteiger partial charge in [0, 0.05) is 19.3 Å². The summed E-state index contributed by atoms with van der Waals surface area (Å²) < 4.78 is 7.23. The second-order valence-corrected chi connectivity index (χ2v) is 5.96. The van der Waals surface area contributed by atoms with Gasteiger partial charge >= 0.3 is 12.0 Å². The molecule has 1 aliphatic rings. The minimum absolute atomic E-state index is 0.125. The first-order valence-electron chi connectivity index (χ1n) is 8.02. The highest BCUT2D eigenvalue weighted by atomic mass is 16.5. The van der Waals surface area contributed by atoms with Gasteiger partial charge in [-0.3, -0.25) is 0 Å². The first-order valence-corrected chi connectivity index (χ1v) is 8.02. The Labute approximate surface area is 140 Å². The van der Waals surface area contributed by atoms with Crippen LogP contribution in [-0.2, 0) is 11.8 Å². The summed E-state index contributed by atoms with van der Waals surface area (Å²) in [5.74, 6) is -0.393. The molecular formula is C18H21N3O3. The van der Waals surface area contributed by atoms with Crippen molar-refractivity contribution < 1.29 is 14.3 Å². The van der Waals surface area contributed by atoms with Crippen molar-refractivity contribution in [2.24, 2.45) is 12.8 Å². The van der Waals surface area contributed by atoms with Gasteiger partial charge in [0.2, 0.25) is 0 Å². The quantitative estimate of drug-likeness (QED) is 0.876. The number of likely N-dealkylation sites (tertiary alicyclic amines) is 1. The Kier molecular flexibility index (Phi) is 4.55. The number of aromatic nitrogens is 1. The molecule has 1 aromatic heterocycles. The summed E-state index contributed by atoms with van der Waals surface area (Å²) in [6.07, 6.45) is 1.69. The van der Waals surface area contributed by atoms with Gasteiger partial charge in [-0.2, -0.15) is 0 Å². The van der Waals surface area contributed by atoms with Crippen molar-refractivity contribution in [1.82, 2.24) is 9.47 Å². The fraction of sp³-hybridized carbons (Fsp3) is 0.333. The lowest BCUT2D eigenvalue weighted by atomic mass is 10.2. The molecule has 1 fully saturated rings. The Balaban J connectivity index is 1.68. The molecule has 0 radical (unpaired) electrons. The number of esters is 1. The molecule has 0 unspecified atom stereocenters. The van der Waals surface area contributed by atoms with Crippen LogP contribution in [0.15, 0.2) is 42.5 Å². The molecule has 2 aromatic rings. The Morgan fingerprint density at radius 3 is 2.67 bits per heavy atom. The number of nitrogens with two attached hydrogens (primary N) is 1. The van der Waals surface area contributed by atoms with Gasteiger partial charge in [-0.15, -0.1) is 0 Å². The van der Waals surface area contributed by atoms with Gasteiger partial charge in [0.1, 0.15) is 12.3 Å². The molecule has 24 heavy (non-hydrogen) atoms. The number of carbonyl (C=O) groups excluding carboxylic acids is 2. The molecule has 2 amide bonds. The molecule has 1 saturated heterocycles. The minimum atomic E-state index is -0.459. The maximum Gasteiger partial charge on any atom is 0.355 e. The molecule has 126 valence electrons. The predicted molar refractivity (Wildman–Crippen MR) is 90.4 cm³/mol. The summed E-state index contributed by atoms with van der Waals surface area (Å²) in [6, 6.07) is 12.9. The van der Waals surface area contributed by atoms with Crippen LogP contribution < -0.4 is 5.73 Å². The van der Waals surface area contributed by atoms with Crippen molar-refractivity contribution >= 4 is 12.0 Å². The third-order valence-corrected chi connectivity index (χ3v) is 4.47. The number of benzene rings is 1. The second-order valence-electron chi connectivity index (χ2n) is 5.96. The molecule has 6 heteroatoms. The smallest absolute Gasteiger partial charge is 0.355 e. The largest absolute Gasteiger partial charge is 0.459 e. The van der Waals surface area contributed by atoms with Crippen LogP contribution in [0, 0.1) is 0 Å². The Hall–Kier alpha value is -2.76. The summed E-state index contributed by atoms with van der Waals surface area (Å²) in [6.45, 7) is 0.799. The second kappa shape index (κ2) is 6.78. The van der Waals surface area contributed by atoms with Gasteiger partial charge in [0.15, 0.2) is 0 Å². The number of primary amides is 1. The van der Waals surface area contributed by atoms with E-state index in [2.05, 4.69) is 0 Å². The third kappa shape index (κ3) is 3.13. The van der Waals surface area contributed by atoms with Crippen LogP contribution in [0.1, 0.15) is 23.3 Å². The molecule has 0 bridgehead atoms. The van der Waals surface area contributed by atoms with E-state index >= 15 is 0 Å². The number of hydrogen-bond acceptors (Lipinski definition) is 3. The topological polar surface area (TPSA) is 77.6 Å². The minimum Gasteiger partial charge on any atom is -0.459 e. The number of amides is 2. The molecular weight excluding hydrogens is 306 g/mol. The maximum absolute atomic E-state index is 12.4. The summed E-state index contributed by atoms with van der Waals surface area (Å²) >= 11 is 0. The molecule has 6 nitrogen and oxygen atoms in total. The van der Waals surface area contributed by atoms with Crippen molar-refractivity contribution in [3.8, 4) is 11.3 Å². The number of urea groups is 1. The molecule has 2 N–H and O–H groups in total. The standard InChI is InChI=1S/C18H21N3O3/c1-20-15(13-6-3-2-4-7-13)9-10-16(20)17(22)24-12-14-8-5-11-21(14)18(19)23/h2-4,6-7,9-10,14H,5,8,11-12H2,1H3,(H2,19,23)/t14-/m0/s1. The van der Waals surface area contributed by atoms with Crippen molar-refractivity contribution in [2.45, 2.75) is 18.9 Å². The number of carbonyl (C=O) groups is 2. The Bertz CT molecular complexity index is 739.